The van der Waals surface area contributed by atoms with Crippen molar-refractivity contribution >= 4 is 11.8 Å². The van der Waals surface area contributed by atoms with Crippen molar-refractivity contribution in [3.8, 4) is 11.3 Å². The number of carbonyl (C=O) groups excluding carboxylic acids is 1. The van der Waals surface area contributed by atoms with Gasteiger partial charge in [0.15, 0.2) is 0 Å². The van der Waals surface area contributed by atoms with E-state index in [1.165, 1.54) is 4.68 Å². The highest BCUT2D eigenvalue weighted by atomic mass is 16.6. The van der Waals surface area contributed by atoms with Crippen molar-refractivity contribution in [2.24, 2.45) is 0 Å². The molecule has 1 saturated heterocycles. The van der Waals surface area contributed by atoms with Gasteiger partial charge in [0.2, 0.25) is 0 Å². The fraction of sp³-hybridized carbons (Fsp3) is 0.500. The molecule has 10 heteroatoms. The van der Waals surface area contributed by atoms with Crippen molar-refractivity contribution < 1.29 is 14.1 Å². The van der Waals surface area contributed by atoms with Gasteiger partial charge >= 0.3 is 6.09 Å². The number of nitrogens with zero attached hydrogens (tertiary/aromatic N) is 6. The van der Waals surface area contributed by atoms with Gasteiger partial charge in [-0.05, 0) is 60.6 Å². The van der Waals surface area contributed by atoms with Gasteiger partial charge in [-0.2, -0.15) is 5.10 Å². The van der Waals surface area contributed by atoms with Crippen molar-refractivity contribution in [1.82, 2.24) is 24.8 Å². The Hall–Kier alpha value is -3.69. The highest BCUT2D eigenvalue weighted by Crippen LogP contribution is 2.26. The van der Waals surface area contributed by atoms with Crippen molar-refractivity contribution in [2.75, 3.05) is 18.0 Å². The first-order chi connectivity index (χ1) is 16.9. The van der Waals surface area contributed by atoms with Crippen LogP contribution >= 0.6 is 0 Å². The van der Waals surface area contributed by atoms with Crippen LogP contribution in [0.15, 0.2) is 39.9 Å². The molecule has 0 aliphatic carbocycles. The predicted octanol–water partition coefficient (Wildman–Crippen LogP) is 3.79. The number of aryl methyl sites for hydroxylation is 2. The molecule has 192 valence electrons. The summed E-state index contributed by atoms with van der Waals surface area (Å²) in [4.78, 5) is 33.9. The van der Waals surface area contributed by atoms with E-state index in [0.29, 0.717) is 24.5 Å². The van der Waals surface area contributed by atoms with Gasteiger partial charge < -0.3 is 14.2 Å². The Bertz CT molecular complexity index is 1280. The van der Waals surface area contributed by atoms with E-state index >= 15 is 0 Å². The summed E-state index contributed by atoms with van der Waals surface area (Å²) >= 11 is 0. The minimum atomic E-state index is -0.555. The van der Waals surface area contributed by atoms with Gasteiger partial charge in [-0.15, -0.1) is 0 Å². The summed E-state index contributed by atoms with van der Waals surface area (Å²) in [5, 5.41) is 8.63. The summed E-state index contributed by atoms with van der Waals surface area (Å²) in [6.45, 7) is 14.7. The lowest BCUT2D eigenvalue weighted by molar-refractivity contribution is 0.00565. The molecular weight excluding hydrogens is 460 g/mol. The molecule has 0 radical (unpaired) electrons. The Kier molecular flexibility index (Phi) is 6.88. The average Bonchev–Trinajstić information content (AvgIpc) is 3.14. The summed E-state index contributed by atoms with van der Waals surface area (Å²) < 4.78 is 12.4. The number of piperazine rings is 1. The molecule has 2 atom stereocenters. The van der Waals surface area contributed by atoms with E-state index in [9.17, 15) is 9.59 Å². The molecular formula is C26H34N6O4. The molecule has 0 saturated carbocycles. The van der Waals surface area contributed by atoms with Crippen molar-refractivity contribution in [1.29, 1.82) is 0 Å². The summed E-state index contributed by atoms with van der Waals surface area (Å²) in [5.74, 6) is 0.629. The lowest BCUT2D eigenvalue weighted by Gasteiger charge is -2.45. The monoisotopic (exact) mass is 494 g/mol. The molecule has 10 nitrogen and oxygen atoms in total. The molecule has 1 aliphatic rings. The highest BCUT2D eigenvalue weighted by Gasteiger charge is 2.35. The van der Waals surface area contributed by atoms with Crippen molar-refractivity contribution in [3.05, 3.63) is 58.0 Å². The maximum absolute atomic E-state index is 13.0. The standard InChI is InChI=1S/C26H34N6O4/c1-16-8-9-20(11-27-16)24-22(19(4)36-29-24)15-31-23(33)10-21(12-28-31)30-13-17(2)32(18(3)14-30)25(34)35-26(5,6)7/h8-12,17-18H,13-15H2,1-7H3. The summed E-state index contributed by atoms with van der Waals surface area (Å²) in [6.07, 6.45) is 3.12. The van der Waals surface area contributed by atoms with Gasteiger partial charge in [-0.25, -0.2) is 9.48 Å². The number of aromatic nitrogens is 4. The number of pyridine rings is 1. The van der Waals surface area contributed by atoms with Gasteiger partial charge in [0, 0.05) is 42.2 Å². The Morgan fingerprint density at radius 2 is 1.83 bits per heavy atom. The lowest BCUT2D eigenvalue weighted by atomic mass is 10.1. The second-order valence-electron chi connectivity index (χ2n) is 10.5. The van der Waals surface area contributed by atoms with Crippen molar-refractivity contribution in [2.45, 2.75) is 72.7 Å². The molecule has 4 heterocycles. The van der Waals surface area contributed by atoms with Crippen LogP contribution in [0.5, 0.6) is 0 Å². The maximum atomic E-state index is 13.0. The van der Waals surface area contributed by atoms with E-state index in [4.69, 9.17) is 9.26 Å². The Morgan fingerprint density at radius 1 is 1.14 bits per heavy atom. The van der Waals surface area contributed by atoms with Crippen LogP contribution < -0.4 is 10.5 Å². The average molecular weight is 495 g/mol. The molecule has 3 aromatic heterocycles. The van der Waals surface area contributed by atoms with Crippen LogP contribution in [-0.2, 0) is 11.3 Å². The lowest BCUT2D eigenvalue weighted by Crippen LogP contribution is -2.59. The Balaban J connectivity index is 1.51. The quantitative estimate of drug-likeness (QED) is 0.539. The van der Waals surface area contributed by atoms with Crippen LogP contribution in [0.25, 0.3) is 11.3 Å². The summed E-state index contributed by atoms with van der Waals surface area (Å²) in [7, 11) is 0. The molecule has 1 aliphatic heterocycles. The van der Waals surface area contributed by atoms with E-state index in [1.807, 2.05) is 60.6 Å². The number of carbonyl (C=O) groups is 1. The number of ether oxygens (including phenoxy) is 1. The molecule has 0 spiro atoms. The minimum Gasteiger partial charge on any atom is -0.444 e. The van der Waals surface area contributed by atoms with Crippen LogP contribution in [0.3, 0.4) is 0 Å². The first kappa shape index (κ1) is 25.4. The fourth-order valence-corrected chi connectivity index (χ4v) is 4.49. The Labute approximate surface area is 210 Å². The van der Waals surface area contributed by atoms with Gasteiger partial charge in [-0.1, -0.05) is 5.16 Å². The van der Waals surface area contributed by atoms with Crippen LogP contribution in [0, 0.1) is 13.8 Å². The SMILES string of the molecule is Cc1ccc(-c2noc(C)c2Cn2ncc(N3CC(C)N(C(=O)OC(C)(C)C)C(C)C3)cc2=O)cn1. The van der Waals surface area contributed by atoms with E-state index in [0.717, 1.165) is 22.5 Å². The second kappa shape index (κ2) is 9.75. The second-order valence-corrected chi connectivity index (χ2v) is 10.5. The first-order valence-corrected chi connectivity index (χ1v) is 12.1. The van der Waals surface area contributed by atoms with Gasteiger partial charge in [0.1, 0.15) is 17.1 Å². The summed E-state index contributed by atoms with van der Waals surface area (Å²) in [5.41, 5.74) is 3.11. The third-order valence-electron chi connectivity index (χ3n) is 6.22. The first-order valence-electron chi connectivity index (χ1n) is 12.1. The number of hydrogen-bond acceptors (Lipinski definition) is 8. The highest BCUT2D eigenvalue weighted by molar-refractivity contribution is 5.69. The maximum Gasteiger partial charge on any atom is 0.410 e. The molecule has 4 rings (SSSR count). The molecule has 3 aromatic rings. The van der Waals surface area contributed by atoms with Crippen LogP contribution in [0.4, 0.5) is 10.5 Å². The molecule has 2 unspecified atom stereocenters. The van der Waals surface area contributed by atoms with Gasteiger partial charge in [0.05, 0.1) is 30.5 Å². The zero-order valence-corrected chi connectivity index (χ0v) is 22.0. The molecule has 0 bridgehead atoms. The number of amides is 1. The van der Waals surface area contributed by atoms with Crippen LogP contribution in [-0.4, -0.2) is 61.7 Å². The number of hydrogen-bond donors (Lipinski definition) is 0. The van der Waals surface area contributed by atoms with E-state index in [2.05, 4.69) is 20.1 Å². The number of anilines is 1. The third-order valence-corrected chi connectivity index (χ3v) is 6.22. The molecule has 36 heavy (non-hydrogen) atoms. The molecule has 0 N–H and O–H groups in total. The largest absolute Gasteiger partial charge is 0.444 e. The zero-order valence-electron chi connectivity index (χ0n) is 22.0. The zero-order chi connectivity index (χ0) is 26.2. The van der Waals surface area contributed by atoms with E-state index in [-0.39, 0.29) is 30.3 Å². The minimum absolute atomic E-state index is 0.0867. The predicted molar refractivity (Wildman–Crippen MR) is 136 cm³/mol. The van der Waals surface area contributed by atoms with E-state index < -0.39 is 5.60 Å². The topological polar surface area (TPSA) is 107 Å². The molecule has 0 aromatic carbocycles. The Morgan fingerprint density at radius 3 is 2.42 bits per heavy atom. The van der Waals surface area contributed by atoms with Gasteiger partial charge in [-0.3, -0.25) is 14.7 Å². The van der Waals surface area contributed by atoms with Crippen molar-refractivity contribution in [3.63, 3.8) is 0 Å². The smallest absolute Gasteiger partial charge is 0.410 e. The van der Waals surface area contributed by atoms with Crippen LogP contribution in [0.1, 0.15) is 51.6 Å². The molecule has 1 amide bonds. The van der Waals surface area contributed by atoms with Gasteiger partial charge in [0.25, 0.3) is 5.56 Å². The molecule has 1 fully saturated rings. The van der Waals surface area contributed by atoms with E-state index in [1.54, 1.807) is 23.4 Å². The van der Waals surface area contributed by atoms with Crippen LogP contribution in [0.2, 0.25) is 0 Å². The summed E-state index contributed by atoms with van der Waals surface area (Å²) in [6, 6.07) is 5.26. The number of rotatable bonds is 4. The fourth-order valence-electron chi connectivity index (χ4n) is 4.49. The normalized spacial score (nSPS) is 18.4. The third kappa shape index (κ3) is 5.42.